The van der Waals surface area contributed by atoms with Gasteiger partial charge in [-0.2, -0.15) is 0 Å². The van der Waals surface area contributed by atoms with Crippen molar-refractivity contribution in [2.24, 2.45) is 5.41 Å². The number of nitrogens with zero attached hydrogens (tertiary/aromatic N) is 2. The molecule has 2 aromatic rings. The van der Waals surface area contributed by atoms with E-state index in [1.54, 1.807) is 12.3 Å². The van der Waals surface area contributed by atoms with E-state index in [0.717, 1.165) is 12.1 Å². The minimum absolute atomic E-state index is 0.0898. The molecule has 2 aromatic heterocycles. The lowest BCUT2D eigenvalue weighted by Crippen LogP contribution is -2.18. The molecule has 0 aliphatic carbocycles. The molecule has 0 aromatic carbocycles. The SMILES string of the molecule is CC(C)(C)Cn1ccc(=O)c2c(N)nc(Cl)cc21. The zero-order chi connectivity index (χ0) is 13.5. The van der Waals surface area contributed by atoms with Crippen LogP contribution in [0.5, 0.6) is 0 Å². The van der Waals surface area contributed by atoms with Crippen molar-refractivity contribution in [1.29, 1.82) is 0 Å². The second-order valence-corrected chi connectivity index (χ2v) is 5.98. The molecule has 0 amide bonds. The number of hydrogen-bond acceptors (Lipinski definition) is 3. The molecule has 0 saturated carbocycles. The molecule has 0 spiro atoms. The van der Waals surface area contributed by atoms with Gasteiger partial charge in [0.05, 0.1) is 10.9 Å². The van der Waals surface area contributed by atoms with E-state index >= 15 is 0 Å². The van der Waals surface area contributed by atoms with E-state index in [1.807, 2.05) is 4.57 Å². The fraction of sp³-hybridized carbons (Fsp3) is 0.385. The van der Waals surface area contributed by atoms with Crippen LogP contribution in [-0.2, 0) is 6.54 Å². The van der Waals surface area contributed by atoms with Crippen LogP contribution in [0, 0.1) is 5.41 Å². The summed E-state index contributed by atoms with van der Waals surface area (Å²) in [6.45, 7) is 7.15. The predicted molar refractivity (Wildman–Crippen MR) is 74.9 cm³/mol. The third-order valence-corrected chi connectivity index (χ3v) is 2.80. The maximum absolute atomic E-state index is 11.9. The molecule has 0 aliphatic heterocycles. The summed E-state index contributed by atoms with van der Waals surface area (Å²) >= 11 is 5.91. The summed E-state index contributed by atoms with van der Waals surface area (Å²) in [5.74, 6) is 0.186. The first-order chi connectivity index (χ1) is 8.28. The van der Waals surface area contributed by atoms with Crippen LogP contribution in [0.3, 0.4) is 0 Å². The van der Waals surface area contributed by atoms with Gasteiger partial charge in [0.15, 0.2) is 5.43 Å². The van der Waals surface area contributed by atoms with Crippen molar-refractivity contribution >= 4 is 28.3 Å². The van der Waals surface area contributed by atoms with E-state index in [4.69, 9.17) is 17.3 Å². The second-order valence-electron chi connectivity index (χ2n) is 5.59. The molecule has 0 saturated heterocycles. The van der Waals surface area contributed by atoms with Gasteiger partial charge in [0.25, 0.3) is 0 Å². The van der Waals surface area contributed by atoms with E-state index in [1.165, 1.54) is 6.07 Å². The first-order valence-electron chi connectivity index (χ1n) is 5.73. The third kappa shape index (κ3) is 2.48. The molecule has 18 heavy (non-hydrogen) atoms. The van der Waals surface area contributed by atoms with Crippen LogP contribution in [0.4, 0.5) is 5.82 Å². The monoisotopic (exact) mass is 265 g/mol. The number of fused-ring (bicyclic) bond motifs is 1. The predicted octanol–water partition coefficient (Wildman–Crippen LogP) is 2.68. The normalized spacial score (nSPS) is 12.0. The molecule has 5 heteroatoms. The van der Waals surface area contributed by atoms with Gasteiger partial charge in [-0.05, 0) is 5.41 Å². The highest BCUT2D eigenvalue weighted by molar-refractivity contribution is 6.30. The summed E-state index contributed by atoms with van der Waals surface area (Å²) in [7, 11) is 0. The lowest BCUT2D eigenvalue weighted by Gasteiger charge is -2.22. The van der Waals surface area contributed by atoms with Gasteiger partial charge in [0.2, 0.25) is 0 Å². The smallest absolute Gasteiger partial charge is 0.193 e. The Morgan fingerprint density at radius 1 is 1.44 bits per heavy atom. The highest BCUT2D eigenvalue weighted by atomic mass is 35.5. The molecule has 2 heterocycles. The zero-order valence-corrected chi connectivity index (χ0v) is 11.5. The quantitative estimate of drug-likeness (QED) is 0.807. The summed E-state index contributed by atoms with van der Waals surface area (Å²) in [5, 5.41) is 0.736. The molecule has 0 atom stereocenters. The van der Waals surface area contributed by atoms with E-state index in [9.17, 15) is 4.79 Å². The Morgan fingerprint density at radius 2 is 2.11 bits per heavy atom. The summed E-state index contributed by atoms with van der Waals surface area (Å²) in [6, 6.07) is 3.19. The molecule has 2 N–H and O–H groups in total. The van der Waals surface area contributed by atoms with E-state index in [0.29, 0.717) is 10.5 Å². The molecule has 0 bridgehead atoms. The van der Waals surface area contributed by atoms with E-state index in [-0.39, 0.29) is 16.7 Å². The van der Waals surface area contributed by atoms with E-state index < -0.39 is 0 Å². The number of rotatable bonds is 1. The van der Waals surface area contributed by atoms with Crippen molar-refractivity contribution in [2.75, 3.05) is 5.73 Å². The second kappa shape index (κ2) is 4.28. The summed E-state index contributed by atoms with van der Waals surface area (Å²) in [6.07, 6.45) is 1.77. The fourth-order valence-electron chi connectivity index (χ4n) is 1.97. The Labute approximate surface area is 110 Å². The van der Waals surface area contributed by atoms with Crippen LogP contribution < -0.4 is 11.2 Å². The summed E-state index contributed by atoms with van der Waals surface area (Å²) in [5.41, 5.74) is 6.47. The molecule has 0 radical (unpaired) electrons. The van der Waals surface area contributed by atoms with Crippen molar-refractivity contribution in [1.82, 2.24) is 9.55 Å². The number of nitrogen functional groups attached to an aromatic ring is 1. The minimum Gasteiger partial charge on any atom is -0.383 e. The van der Waals surface area contributed by atoms with Gasteiger partial charge in [-0.3, -0.25) is 4.79 Å². The summed E-state index contributed by atoms with van der Waals surface area (Å²) in [4.78, 5) is 15.8. The largest absolute Gasteiger partial charge is 0.383 e. The van der Waals surface area contributed by atoms with Crippen LogP contribution in [-0.4, -0.2) is 9.55 Å². The van der Waals surface area contributed by atoms with Gasteiger partial charge < -0.3 is 10.3 Å². The Bertz CT molecular complexity index is 656. The number of hydrogen-bond donors (Lipinski definition) is 1. The summed E-state index contributed by atoms with van der Waals surface area (Å²) < 4.78 is 1.99. The maximum atomic E-state index is 11.9. The van der Waals surface area contributed by atoms with Crippen molar-refractivity contribution in [3.8, 4) is 0 Å². The van der Waals surface area contributed by atoms with Crippen LogP contribution in [0.15, 0.2) is 23.1 Å². The molecule has 0 fully saturated rings. The lowest BCUT2D eigenvalue weighted by molar-refractivity contribution is 0.348. The number of anilines is 1. The fourth-order valence-corrected chi connectivity index (χ4v) is 2.16. The molecule has 2 rings (SSSR count). The number of halogens is 1. The third-order valence-electron chi connectivity index (χ3n) is 2.60. The number of aromatic nitrogens is 2. The van der Waals surface area contributed by atoms with Gasteiger partial charge in [-0.1, -0.05) is 32.4 Å². The highest BCUT2D eigenvalue weighted by Crippen LogP contribution is 2.23. The van der Waals surface area contributed by atoms with Gasteiger partial charge in [-0.25, -0.2) is 4.98 Å². The van der Waals surface area contributed by atoms with Crippen LogP contribution in [0.1, 0.15) is 20.8 Å². The molecular weight excluding hydrogens is 250 g/mol. The number of pyridine rings is 2. The van der Waals surface area contributed by atoms with Gasteiger partial charge in [0, 0.05) is 24.9 Å². The van der Waals surface area contributed by atoms with Gasteiger partial charge in [-0.15, -0.1) is 0 Å². The van der Waals surface area contributed by atoms with Gasteiger partial charge >= 0.3 is 0 Å². The molecule has 0 aliphatic rings. The maximum Gasteiger partial charge on any atom is 0.193 e. The highest BCUT2D eigenvalue weighted by Gasteiger charge is 2.14. The Morgan fingerprint density at radius 3 is 2.72 bits per heavy atom. The van der Waals surface area contributed by atoms with Crippen molar-refractivity contribution < 1.29 is 0 Å². The first-order valence-corrected chi connectivity index (χ1v) is 6.11. The van der Waals surface area contributed by atoms with Gasteiger partial charge in [0.1, 0.15) is 11.0 Å². The molecule has 4 nitrogen and oxygen atoms in total. The van der Waals surface area contributed by atoms with Crippen molar-refractivity contribution in [2.45, 2.75) is 27.3 Å². The van der Waals surface area contributed by atoms with Crippen molar-refractivity contribution in [3.05, 3.63) is 33.7 Å². The topological polar surface area (TPSA) is 60.9 Å². The standard InChI is InChI=1S/C13H16ClN3O/c1-13(2,3)7-17-5-4-9(18)11-8(17)6-10(14)16-12(11)15/h4-6H,7H2,1-3H3,(H2,15,16). The minimum atomic E-state index is -0.128. The Kier molecular flexibility index (Phi) is 3.07. The average Bonchev–Trinajstić information content (AvgIpc) is 2.19. The zero-order valence-electron chi connectivity index (χ0n) is 10.7. The van der Waals surface area contributed by atoms with E-state index in [2.05, 4.69) is 25.8 Å². The first kappa shape index (κ1) is 12.9. The average molecular weight is 266 g/mol. The lowest BCUT2D eigenvalue weighted by atomic mass is 9.96. The molecule has 0 unspecified atom stereocenters. The van der Waals surface area contributed by atoms with Crippen LogP contribution in [0.25, 0.3) is 10.9 Å². The molecule has 96 valence electrons. The number of nitrogens with two attached hydrogens (primary N) is 1. The Hall–Kier alpha value is -1.55. The van der Waals surface area contributed by atoms with Crippen molar-refractivity contribution in [3.63, 3.8) is 0 Å². The van der Waals surface area contributed by atoms with Crippen LogP contribution in [0.2, 0.25) is 5.15 Å². The molecular formula is C13H16ClN3O. The Balaban J connectivity index is 2.77. The van der Waals surface area contributed by atoms with Crippen LogP contribution >= 0.6 is 11.6 Å².